The van der Waals surface area contributed by atoms with E-state index in [4.69, 9.17) is 18.9 Å². The average Bonchev–Trinajstić information content (AvgIpc) is 2.58. The van der Waals surface area contributed by atoms with Crippen LogP contribution in [0.15, 0.2) is 25.3 Å². The van der Waals surface area contributed by atoms with Crippen molar-refractivity contribution in [3.63, 3.8) is 0 Å². The summed E-state index contributed by atoms with van der Waals surface area (Å²) in [5.41, 5.74) is 0. The van der Waals surface area contributed by atoms with Gasteiger partial charge in [0.15, 0.2) is 0 Å². The Bertz CT molecular complexity index is 265. The molecule has 1 heterocycles. The molecule has 0 amide bonds. The molecule has 6 heteroatoms. The van der Waals surface area contributed by atoms with Gasteiger partial charge in [-0.25, -0.2) is 0 Å². The molecule has 0 N–H and O–H groups in total. The molecule has 0 radical (unpaired) electrons. The van der Waals surface area contributed by atoms with E-state index >= 15 is 0 Å². The minimum absolute atomic E-state index is 0.628. The molecular formula is C18H34N2O4. The lowest BCUT2D eigenvalue weighted by molar-refractivity contribution is 0.0106. The topological polar surface area (TPSA) is 43.4 Å². The van der Waals surface area contributed by atoms with Gasteiger partial charge in [-0.2, -0.15) is 0 Å². The fraction of sp³-hybridized carbons (Fsp3) is 0.778. The zero-order chi connectivity index (χ0) is 17.3. The Morgan fingerprint density at radius 1 is 0.542 bits per heavy atom. The van der Waals surface area contributed by atoms with E-state index in [0.717, 1.165) is 39.3 Å². The van der Waals surface area contributed by atoms with E-state index in [2.05, 4.69) is 23.0 Å². The van der Waals surface area contributed by atoms with Gasteiger partial charge >= 0.3 is 0 Å². The van der Waals surface area contributed by atoms with Gasteiger partial charge in [0.2, 0.25) is 0 Å². The molecule has 0 aromatic heterocycles. The Hall–Kier alpha value is -0.760. The Labute approximate surface area is 147 Å². The SMILES string of the molecule is C=CCN1CCOCCOCCN(CC=C)CCOCCOCC1. The van der Waals surface area contributed by atoms with Crippen molar-refractivity contribution < 1.29 is 18.9 Å². The largest absolute Gasteiger partial charge is 0.378 e. The molecule has 0 bridgehead atoms. The van der Waals surface area contributed by atoms with Gasteiger partial charge in [0.05, 0.1) is 52.9 Å². The number of ether oxygens (including phenoxy) is 4. The van der Waals surface area contributed by atoms with Crippen molar-refractivity contribution in [3.8, 4) is 0 Å². The van der Waals surface area contributed by atoms with E-state index in [0.29, 0.717) is 52.9 Å². The summed E-state index contributed by atoms with van der Waals surface area (Å²) in [5, 5.41) is 0. The molecule has 0 spiro atoms. The summed E-state index contributed by atoms with van der Waals surface area (Å²) >= 11 is 0. The summed E-state index contributed by atoms with van der Waals surface area (Å²) in [6.07, 6.45) is 3.82. The van der Waals surface area contributed by atoms with Gasteiger partial charge < -0.3 is 18.9 Å². The predicted octanol–water partition coefficient (Wildman–Crippen LogP) is 1.04. The highest BCUT2D eigenvalue weighted by atomic mass is 16.5. The standard InChI is InChI=1S/C18H34N2O4/c1-3-5-19-7-11-21-15-17-23-13-9-20(6-4-2)10-14-24-18-16-22-12-8-19/h3-4H,1-2,5-18H2. The van der Waals surface area contributed by atoms with Gasteiger partial charge in [0.25, 0.3) is 0 Å². The third kappa shape index (κ3) is 11.7. The molecule has 0 aromatic carbocycles. The highest BCUT2D eigenvalue weighted by molar-refractivity contribution is 4.74. The van der Waals surface area contributed by atoms with Crippen LogP contribution in [0.3, 0.4) is 0 Å². The molecule has 140 valence electrons. The first-order valence-corrected chi connectivity index (χ1v) is 8.84. The maximum atomic E-state index is 5.64. The van der Waals surface area contributed by atoms with Gasteiger partial charge in [-0.3, -0.25) is 9.80 Å². The summed E-state index contributed by atoms with van der Waals surface area (Å²) < 4.78 is 22.6. The van der Waals surface area contributed by atoms with Gasteiger partial charge in [-0.15, -0.1) is 13.2 Å². The highest BCUT2D eigenvalue weighted by Gasteiger charge is 2.05. The van der Waals surface area contributed by atoms with Crippen LogP contribution in [-0.4, -0.2) is 102 Å². The minimum atomic E-state index is 0.628. The molecule has 1 aliphatic rings. The first kappa shape index (κ1) is 21.3. The molecule has 1 fully saturated rings. The molecule has 0 unspecified atom stereocenters. The number of nitrogens with zero attached hydrogens (tertiary/aromatic N) is 2. The fourth-order valence-electron chi connectivity index (χ4n) is 2.37. The van der Waals surface area contributed by atoms with Crippen LogP contribution in [-0.2, 0) is 18.9 Å². The Balaban J connectivity index is 2.31. The first-order valence-electron chi connectivity index (χ1n) is 8.84. The summed E-state index contributed by atoms with van der Waals surface area (Å²) in [4.78, 5) is 4.54. The normalized spacial score (nSPS) is 22.3. The molecule has 0 saturated carbocycles. The quantitative estimate of drug-likeness (QED) is 0.712. The lowest BCUT2D eigenvalue weighted by Crippen LogP contribution is -2.33. The van der Waals surface area contributed by atoms with Crippen molar-refractivity contribution in [2.75, 3.05) is 92.1 Å². The minimum Gasteiger partial charge on any atom is -0.378 e. The van der Waals surface area contributed by atoms with Gasteiger partial charge in [-0.1, -0.05) is 12.2 Å². The Kier molecular flexibility index (Phi) is 14.0. The van der Waals surface area contributed by atoms with Crippen molar-refractivity contribution in [2.45, 2.75) is 0 Å². The van der Waals surface area contributed by atoms with Crippen LogP contribution < -0.4 is 0 Å². The number of hydrogen-bond acceptors (Lipinski definition) is 6. The maximum Gasteiger partial charge on any atom is 0.0701 e. The molecule has 1 rings (SSSR count). The van der Waals surface area contributed by atoms with E-state index in [-0.39, 0.29) is 0 Å². The molecule has 1 saturated heterocycles. The lowest BCUT2D eigenvalue weighted by Gasteiger charge is -2.22. The molecule has 0 aliphatic carbocycles. The molecule has 0 aromatic rings. The highest BCUT2D eigenvalue weighted by Crippen LogP contribution is 1.94. The van der Waals surface area contributed by atoms with Crippen LogP contribution in [0.2, 0.25) is 0 Å². The van der Waals surface area contributed by atoms with Crippen molar-refractivity contribution in [1.82, 2.24) is 9.80 Å². The fourth-order valence-corrected chi connectivity index (χ4v) is 2.37. The van der Waals surface area contributed by atoms with E-state index in [1.54, 1.807) is 0 Å². The Morgan fingerprint density at radius 2 is 0.833 bits per heavy atom. The van der Waals surface area contributed by atoms with Crippen LogP contribution >= 0.6 is 0 Å². The molecule has 0 atom stereocenters. The van der Waals surface area contributed by atoms with Gasteiger partial charge in [0, 0.05) is 39.3 Å². The second-order valence-electron chi connectivity index (χ2n) is 5.63. The summed E-state index contributed by atoms with van der Waals surface area (Å²) in [6.45, 7) is 18.1. The Morgan fingerprint density at radius 3 is 1.08 bits per heavy atom. The van der Waals surface area contributed by atoms with E-state index in [9.17, 15) is 0 Å². The second-order valence-corrected chi connectivity index (χ2v) is 5.63. The molecular weight excluding hydrogens is 308 g/mol. The van der Waals surface area contributed by atoms with Gasteiger partial charge in [-0.05, 0) is 0 Å². The first-order chi connectivity index (χ1) is 11.9. The third-order valence-corrected chi connectivity index (χ3v) is 3.73. The van der Waals surface area contributed by atoms with Crippen LogP contribution in [0.25, 0.3) is 0 Å². The molecule has 1 aliphatic heterocycles. The number of hydrogen-bond donors (Lipinski definition) is 0. The molecule has 6 nitrogen and oxygen atoms in total. The van der Waals surface area contributed by atoms with Crippen molar-refractivity contribution >= 4 is 0 Å². The van der Waals surface area contributed by atoms with Crippen molar-refractivity contribution in [2.24, 2.45) is 0 Å². The predicted molar refractivity (Wildman–Crippen MR) is 96.6 cm³/mol. The van der Waals surface area contributed by atoms with Gasteiger partial charge in [0.1, 0.15) is 0 Å². The monoisotopic (exact) mass is 342 g/mol. The summed E-state index contributed by atoms with van der Waals surface area (Å²) in [5.74, 6) is 0. The number of rotatable bonds is 4. The summed E-state index contributed by atoms with van der Waals surface area (Å²) in [6, 6.07) is 0. The van der Waals surface area contributed by atoms with Crippen LogP contribution in [0.4, 0.5) is 0 Å². The van der Waals surface area contributed by atoms with Crippen LogP contribution in [0, 0.1) is 0 Å². The smallest absolute Gasteiger partial charge is 0.0701 e. The van der Waals surface area contributed by atoms with Crippen molar-refractivity contribution in [1.29, 1.82) is 0 Å². The molecule has 24 heavy (non-hydrogen) atoms. The van der Waals surface area contributed by atoms with Crippen LogP contribution in [0.5, 0.6) is 0 Å². The van der Waals surface area contributed by atoms with Crippen LogP contribution in [0.1, 0.15) is 0 Å². The lowest BCUT2D eigenvalue weighted by atomic mass is 10.4. The third-order valence-electron chi connectivity index (χ3n) is 3.73. The summed E-state index contributed by atoms with van der Waals surface area (Å²) in [7, 11) is 0. The zero-order valence-corrected chi connectivity index (χ0v) is 15.0. The van der Waals surface area contributed by atoms with E-state index in [1.165, 1.54) is 0 Å². The van der Waals surface area contributed by atoms with Crippen molar-refractivity contribution in [3.05, 3.63) is 25.3 Å². The maximum absolute atomic E-state index is 5.64. The van der Waals surface area contributed by atoms with E-state index in [1.807, 2.05) is 12.2 Å². The average molecular weight is 342 g/mol. The van der Waals surface area contributed by atoms with E-state index < -0.39 is 0 Å². The second kappa shape index (κ2) is 15.7. The zero-order valence-electron chi connectivity index (χ0n) is 15.0.